The Labute approximate surface area is 131 Å². The Hall–Kier alpha value is -1.50. The normalized spacial score (nSPS) is 10.6. The van der Waals surface area contributed by atoms with Gasteiger partial charge in [-0.2, -0.15) is 0 Å². The Balaban J connectivity index is 2.65. The highest BCUT2D eigenvalue weighted by Gasteiger charge is 2.12. The molecule has 0 unspecified atom stereocenters. The summed E-state index contributed by atoms with van der Waals surface area (Å²) < 4.78 is 0. The number of carbonyl (C=O) groups excluding carboxylic acids is 1. The van der Waals surface area contributed by atoms with Gasteiger partial charge in [-0.15, -0.1) is 0 Å². The van der Waals surface area contributed by atoms with E-state index in [2.05, 4.69) is 12.2 Å². The molecule has 0 aliphatic rings. The van der Waals surface area contributed by atoms with Gasteiger partial charge in [-0.3, -0.25) is 9.69 Å². The van der Waals surface area contributed by atoms with Gasteiger partial charge in [0.15, 0.2) is 0 Å². The number of hydrogen-bond donors (Lipinski definition) is 3. The van der Waals surface area contributed by atoms with Crippen molar-refractivity contribution in [1.82, 2.24) is 4.90 Å². The first kappa shape index (κ1) is 17.6. The van der Waals surface area contributed by atoms with Gasteiger partial charge in [0.05, 0.1) is 18.8 Å². The third kappa shape index (κ3) is 6.20. The molecule has 0 bridgehead atoms. The second-order valence-electron chi connectivity index (χ2n) is 4.81. The molecule has 0 saturated heterocycles. The van der Waals surface area contributed by atoms with Gasteiger partial charge in [0.25, 0.3) is 0 Å². The summed E-state index contributed by atoms with van der Waals surface area (Å²) in [7, 11) is 0. The molecule has 1 aromatic rings. The van der Waals surface area contributed by atoms with Crippen molar-refractivity contribution in [3.8, 4) is 0 Å². The molecule has 6 heteroatoms. The van der Waals surface area contributed by atoms with Gasteiger partial charge in [-0.05, 0) is 25.1 Å². The van der Waals surface area contributed by atoms with Crippen molar-refractivity contribution in [2.45, 2.75) is 19.8 Å². The van der Waals surface area contributed by atoms with Crippen LogP contribution in [0, 0.1) is 0 Å². The Kier molecular flexibility index (Phi) is 7.89. The van der Waals surface area contributed by atoms with Gasteiger partial charge in [0.2, 0.25) is 5.91 Å². The Bertz CT molecular complexity index is 480. The number of aliphatic hydroxyl groups is 1. The highest BCUT2D eigenvalue weighted by molar-refractivity contribution is 7.80. The molecule has 0 saturated carbocycles. The van der Waals surface area contributed by atoms with Crippen molar-refractivity contribution in [1.29, 1.82) is 0 Å². The molecular weight excluding hydrogens is 286 g/mol. The fourth-order valence-corrected chi connectivity index (χ4v) is 2.17. The van der Waals surface area contributed by atoms with Crippen LogP contribution in [0.25, 0.3) is 0 Å². The molecule has 1 aromatic carbocycles. The summed E-state index contributed by atoms with van der Waals surface area (Å²) in [4.78, 5) is 14.3. The van der Waals surface area contributed by atoms with Crippen LogP contribution in [-0.2, 0) is 4.79 Å². The first-order chi connectivity index (χ1) is 10.1. The van der Waals surface area contributed by atoms with Crippen LogP contribution >= 0.6 is 12.2 Å². The van der Waals surface area contributed by atoms with E-state index in [1.54, 1.807) is 12.1 Å². The molecule has 0 aliphatic carbocycles. The van der Waals surface area contributed by atoms with Gasteiger partial charge in [-0.1, -0.05) is 37.7 Å². The fourth-order valence-electron chi connectivity index (χ4n) is 1.99. The summed E-state index contributed by atoms with van der Waals surface area (Å²) in [6.07, 6.45) is 2.05. The number of para-hydroxylation sites is 1. The van der Waals surface area contributed by atoms with E-state index in [1.807, 2.05) is 17.0 Å². The minimum atomic E-state index is -0.136. The quantitative estimate of drug-likeness (QED) is 0.600. The number of hydrogen-bond acceptors (Lipinski definition) is 4. The number of thiocarbonyl (C=S) groups is 1. The lowest BCUT2D eigenvalue weighted by atomic mass is 10.2. The minimum Gasteiger partial charge on any atom is -0.395 e. The highest BCUT2D eigenvalue weighted by atomic mass is 32.1. The van der Waals surface area contributed by atoms with Gasteiger partial charge < -0.3 is 16.2 Å². The van der Waals surface area contributed by atoms with Gasteiger partial charge in [0, 0.05) is 12.1 Å². The maximum absolute atomic E-state index is 12.1. The molecule has 1 rings (SSSR count). The second kappa shape index (κ2) is 9.44. The first-order valence-corrected chi connectivity index (χ1v) is 7.51. The lowest BCUT2D eigenvalue weighted by molar-refractivity contribution is -0.117. The van der Waals surface area contributed by atoms with Crippen LogP contribution in [0.3, 0.4) is 0 Å². The van der Waals surface area contributed by atoms with E-state index in [1.165, 1.54) is 0 Å². The summed E-state index contributed by atoms with van der Waals surface area (Å²) in [5.41, 5.74) is 6.92. The first-order valence-electron chi connectivity index (χ1n) is 7.10. The lowest BCUT2D eigenvalue weighted by Gasteiger charge is -2.20. The van der Waals surface area contributed by atoms with E-state index in [0.717, 1.165) is 19.4 Å². The Morgan fingerprint density at radius 3 is 2.71 bits per heavy atom. The van der Waals surface area contributed by atoms with E-state index in [-0.39, 0.29) is 24.0 Å². The van der Waals surface area contributed by atoms with Crippen LogP contribution in [-0.4, -0.2) is 47.1 Å². The smallest absolute Gasteiger partial charge is 0.238 e. The number of nitrogens with zero attached hydrogens (tertiary/aromatic N) is 1. The number of unbranched alkanes of at least 4 members (excludes halogenated alkanes) is 1. The summed E-state index contributed by atoms with van der Waals surface area (Å²) in [6.45, 7) is 3.66. The van der Waals surface area contributed by atoms with Crippen LogP contribution in [0.2, 0.25) is 0 Å². The van der Waals surface area contributed by atoms with Crippen LogP contribution in [0.15, 0.2) is 24.3 Å². The van der Waals surface area contributed by atoms with Crippen molar-refractivity contribution in [3.63, 3.8) is 0 Å². The van der Waals surface area contributed by atoms with Crippen molar-refractivity contribution in [2.24, 2.45) is 5.73 Å². The summed E-state index contributed by atoms with van der Waals surface area (Å²) in [6, 6.07) is 7.19. The molecule has 0 spiro atoms. The molecule has 0 radical (unpaired) electrons. The fraction of sp³-hybridized carbons (Fsp3) is 0.467. The molecule has 21 heavy (non-hydrogen) atoms. The van der Waals surface area contributed by atoms with E-state index < -0.39 is 0 Å². The zero-order valence-corrected chi connectivity index (χ0v) is 13.2. The number of carbonyl (C=O) groups is 1. The van der Waals surface area contributed by atoms with E-state index >= 15 is 0 Å². The van der Waals surface area contributed by atoms with Crippen LogP contribution < -0.4 is 11.1 Å². The monoisotopic (exact) mass is 309 g/mol. The van der Waals surface area contributed by atoms with E-state index in [0.29, 0.717) is 17.8 Å². The number of benzene rings is 1. The molecular formula is C15H23N3O2S. The van der Waals surface area contributed by atoms with Crippen LogP contribution in [0.1, 0.15) is 25.3 Å². The van der Waals surface area contributed by atoms with Gasteiger partial charge >= 0.3 is 0 Å². The molecule has 0 atom stereocenters. The topological polar surface area (TPSA) is 78.6 Å². The summed E-state index contributed by atoms with van der Waals surface area (Å²) in [5.74, 6) is -0.136. The highest BCUT2D eigenvalue weighted by Crippen LogP contribution is 2.14. The van der Waals surface area contributed by atoms with Crippen molar-refractivity contribution in [2.75, 3.05) is 31.6 Å². The zero-order valence-electron chi connectivity index (χ0n) is 12.3. The predicted octanol–water partition coefficient (Wildman–Crippen LogP) is 1.35. The zero-order chi connectivity index (χ0) is 15.7. The molecule has 5 nitrogen and oxygen atoms in total. The van der Waals surface area contributed by atoms with Gasteiger partial charge in [-0.25, -0.2) is 0 Å². The minimum absolute atomic E-state index is 0.0421. The van der Waals surface area contributed by atoms with Crippen molar-refractivity contribution >= 4 is 28.8 Å². The maximum atomic E-state index is 12.1. The number of nitrogens with two attached hydrogens (primary N) is 1. The number of nitrogens with one attached hydrogen (secondary N) is 1. The molecule has 116 valence electrons. The molecule has 1 amide bonds. The Morgan fingerprint density at radius 2 is 2.10 bits per heavy atom. The van der Waals surface area contributed by atoms with Crippen molar-refractivity contribution in [3.05, 3.63) is 29.8 Å². The maximum Gasteiger partial charge on any atom is 0.238 e. The van der Waals surface area contributed by atoms with Crippen molar-refractivity contribution < 1.29 is 9.90 Å². The third-order valence-corrected chi connectivity index (χ3v) is 3.30. The summed E-state index contributed by atoms with van der Waals surface area (Å²) in [5, 5.41) is 11.9. The molecule has 0 heterocycles. The standard InChI is InChI=1S/C15H23N3O2S/c1-2-3-8-18(9-10-19)11-14(20)17-13-7-5-4-6-12(13)15(16)21/h4-7,19H,2-3,8-11H2,1H3,(H2,16,21)(H,17,20). The number of anilines is 1. The largest absolute Gasteiger partial charge is 0.395 e. The molecule has 0 aliphatic heterocycles. The van der Waals surface area contributed by atoms with Gasteiger partial charge in [0.1, 0.15) is 4.99 Å². The lowest BCUT2D eigenvalue weighted by Crippen LogP contribution is -2.36. The number of amides is 1. The summed E-state index contributed by atoms with van der Waals surface area (Å²) >= 11 is 4.97. The average Bonchev–Trinajstić information content (AvgIpc) is 2.45. The van der Waals surface area contributed by atoms with Crippen LogP contribution in [0.4, 0.5) is 5.69 Å². The molecule has 4 N–H and O–H groups in total. The number of aliphatic hydroxyl groups excluding tert-OH is 1. The second-order valence-corrected chi connectivity index (χ2v) is 5.25. The number of rotatable bonds is 9. The third-order valence-electron chi connectivity index (χ3n) is 3.08. The average molecular weight is 309 g/mol. The predicted molar refractivity (Wildman–Crippen MR) is 89.4 cm³/mol. The van der Waals surface area contributed by atoms with E-state index in [4.69, 9.17) is 23.1 Å². The SMILES string of the molecule is CCCCN(CCO)CC(=O)Nc1ccccc1C(N)=S. The van der Waals surface area contributed by atoms with E-state index in [9.17, 15) is 4.79 Å². The Morgan fingerprint density at radius 1 is 1.38 bits per heavy atom. The van der Waals surface area contributed by atoms with Crippen LogP contribution in [0.5, 0.6) is 0 Å². The molecule has 0 fully saturated rings. The molecule has 0 aromatic heterocycles.